The maximum Gasteiger partial charge on any atom is 0.161 e. The smallest absolute Gasteiger partial charge is 0.161 e. The summed E-state index contributed by atoms with van der Waals surface area (Å²) >= 11 is 0. The van der Waals surface area contributed by atoms with Crippen molar-refractivity contribution in [1.29, 1.82) is 0 Å². The second-order valence-electron chi connectivity index (χ2n) is 15.6. The summed E-state index contributed by atoms with van der Waals surface area (Å²) in [7, 11) is 0. The van der Waals surface area contributed by atoms with Gasteiger partial charge in [-0.3, -0.25) is 0 Å². The van der Waals surface area contributed by atoms with Crippen molar-refractivity contribution in [2.45, 2.75) is 5.41 Å². The van der Waals surface area contributed by atoms with Crippen LogP contribution in [-0.4, -0.2) is 9.97 Å². The van der Waals surface area contributed by atoms with Gasteiger partial charge in [0.25, 0.3) is 0 Å². The molecule has 0 atom stereocenters. The molecule has 11 aromatic rings. The number of fused-ring (bicyclic) bond motifs is 7. The minimum absolute atomic E-state index is 0.585. The number of benzene rings is 9. The van der Waals surface area contributed by atoms with Gasteiger partial charge in [-0.2, -0.15) is 0 Å². The van der Waals surface area contributed by atoms with E-state index in [0.29, 0.717) is 5.82 Å². The zero-order chi connectivity index (χ0) is 39.6. The number of rotatable bonds is 6. The van der Waals surface area contributed by atoms with Gasteiger partial charge in [-0.15, -0.1) is 0 Å². The van der Waals surface area contributed by atoms with Crippen LogP contribution in [0.5, 0.6) is 0 Å². The van der Waals surface area contributed by atoms with Gasteiger partial charge in [0.15, 0.2) is 5.82 Å². The van der Waals surface area contributed by atoms with E-state index in [1.807, 2.05) is 12.1 Å². The van der Waals surface area contributed by atoms with Crippen LogP contribution in [0.25, 0.3) is 88.9 Å². The van der Waals surface area contributed by atoms with E-state index in [4.69, 9.17) is 14.4 Å². The molecule has 3 nitrogen and oxygen atoms in total. The van der Waals surface area contributed by atoms with Gasteiger partial charge >= 0.3 is 0 Å². The first-order chi connectivity index (χ1) is 29.7. The molecule has 60 heavy (non-hydrogen) atoms. The highest BCUT2D eigenvalue weighted by molar-refractivity contribution is 6.06. The lowest BCUT2D eigenvalue weighted by Crippen LogP contribution is -2.29. The monoisotopic (exact) mass is 764 g/mol. The molecule has 1 aliphatic carbocycles. The maximum absolute atomic E-state index is 6.14. The average molecular weight is 765 g/mol. The van der Waals surface area contributed by atoms with E-state index in [1.165, 1.54) is 33.4 Å². The van der Waals surface area contributed by atoms with Gasteiger partial charge in [-0.05, 0) is 79.5 Å². The molecule has 0 fully saturated rings. The highest BCUT2D eigenvalue weighted by atomic mass is 16.3. The lowest BCUT2D eigenvalue weighted by Gasteiger charge is -2.35. The Morgan fingerprint density at radius 2 is 0.917 bits per heavy atom. The molecule has 1 aliphatic rings. The highest BCUT2D eigenvalue weighted by Gasteiger charge is 2.47. The molecule has 0 amide bonds. The van der Waals surface area contributed by atoms with Gasteiger partial charge < -0.3 is 4.42 Å². The Morgan fingerprint density at radius 3 is 1.73 bits per heavy atom. The fourth-order valence-electron chi connectivity index (χ4n) is 9.73. The molecule has 2 aromatic heterocycles. The van der Waals surface area contributed by atoms with E-state index < -0.39 is 5.41 Å². The first-order valence-corrected chi connectivity index (χ1v) is 20.5. The van der Waals surface area contributed by atoms with Crippen LogP contribution in [0.3, 0.4) is 0 Å². The Kier molecular flexibility index (Phi) is 7.76. The lowest BCUT2D eigenvalue weighted by molar-refractivity contribution is 0.669. The molecular weight excluding hydrogens is 729 g/mol. The van der Waals surface area contributed by atoms with Crippen molar-refractivity contribution in [1.82, 2.24) is 9.97 Å². The minimum atomic E-state index is -0.585. The average Bonchev–Trinajstić information content (AvgIpc) is 3.85. The molecule has 0 saturated heterocycles. The number of nitrogens with zero attached hydrogens (tertiary/aromatic N) is 2. The summed E-state index contributed by atoms with van der Waals surface area (Å²) in [4.78, 5) is 10.9. The summed E-state index contributed by atoms with van der Waals surface area (Å²) < 4.78 is 6.14. The molecule has 9 aromatic carbocycles. The second kappa shape index (κ2) is 13.6. The molecular formula is C57H36N2O. The number of furan rings is 1. The van der Waals surface area contributed by atoms with Crippen LogP contribution in [-0.2, 0) is 5.41 Å². The van der Waals surface area contributed by atoms with Crippen LogP contribution in [0.15, 0.2) is 223 Å². The summed E-state index contributed by atoms with van der Waals surface area (Å²) in [6, 6.07) is 78.1. The van der Waals surface area contributed by atoms with Crippen LogP contribution in [0.1, 0.15) is 22.3 Å². The Labute approximate surface area is 347 Å². The Morgan fingerprint density at radius 1 is 0.350 bits per heavy atom. The molecule has 2 heterocycles. The Balaban J connectivity index is 1.08. The standard InChI is InChI=1S/C57H36N2O/c1-3-17-41(18-4-1)57(42-19-5-2-6-20-42)50-27-11-9-22-44(50)46-24-14-26-48(55(46)57)52-36-51(58-56(59-52)47-25-13-16-38-15-7-8-21-43(38)47)39-31-29-37(30-32-39)40-33-34-54-49(35-40)45-23-10-12-28-53(45)60-54/h1-36H. The van der Waals surface area contributed by atoms with E-state index in [0.717, 1.165) is 71.9 Å². The predicted octanol–water partition coefficient (Wildman–Crippen LogP) is 14.6. The van der Waals surface area contributed by atoms with Crippen molar-refractivity contribution < 1.29 is 4.42 Å². The molecule has 0 unspecified atom stereocenters. The molecule has 0 radical (unpaired) electrons. The zero-order valence-electron chi connectivity index (χ0n) is 32.6. The normalized spacial score (nSPS) is 12.8. The van der Waals surface area contributed by atoms with Gasteiger partial charge in [0.1, 0.15) is 11.2 Å². The zero-order valence-corrected chi connectivity index (χ0v) is 32.6. The molecule has 12 rings (SSSR count). The molecule has 0 bridgehead atoms. The van der Waals surface area contributed by atoms with E-state index in [2.05, 4.69) is 206 Å². The largest absolute Gasteiger partial charge is 0.456 e. The lowest BCUT2D eigenvalue weighted by atomic mass is 9.66. The van der Waals surface area contributed by atoms with Crippen LogP contribution in [0.4, 0.5) is 0 Å². The van der Waals surface area contributed by atoms with Gasteiger partial charge in [0, 0.05) is 27.5 Å². The third-order valence-corrected chi connectivity index (χ3v) is 12.4. The van der Waals surface area contributed by atoms with E-state index in [1.54, 1.807) is 0 Å². The van der Waals surface area contributed by atoms with Crippen molar-refractivity contribution in [2.24, 2.45) is 0 Å². The summed E-state index contributed by atoms with van der Waals surface area (Å²) in [6.07, 6.45) is 0. The molecule has 280 valence electrons. The van der Waals surface area contributed by atoms with Gasteiger partial charge in [0.2, 0.25) is 0 Å². The third-order valence-electron chi connectivity index (χ3n) is 12.4. The van der Waals surface area contributed by atoms with Gasteiger partial charge in [-0.1, -0.05) is 194 Å². The Bertz CT molecular complexity index is 3380. The minimum Gasteiger partial charge on any atom is -0.456 e. The van der Waals surface area contributed by atoms with E-state index in [9.17, 15) is 0 Å². The molecule has 3 heteroatoms. The maximum atomic E-state index is 6.14. The van der Waals surface area contributed by atoms with Crippen LogP contribution in [0, 0.1) is 0 Å². The van der Waals surface area contributed by atoms with E-state index >= 15 is 0 Å². The number of para-hydroxylation sites is 1. The van der Waals surface area contributed by atoms with Crippen LogP contribution < -0.4 is 0 Å². The van der Waals surface area contributed by atoms with Crippen molar-refractivity contribution in [3.05, 3.63) is 241 Å². The molecule has 0 aliphatic heterocycles. The first kappa shape index (κ1) is 34.2. The molecule has 0 saturated carbocycles. The quantitative estimate of drug-likeness (QED) is 0.169. The molecule has 0 N–H and O–H groups in total. The molecule has 0 spiro atoms. The third kappa shape index (κ3) is 5.23. The summed E-state index contributed by atoms with van der Waals surface area (Å²) in [6.45, 7) is 0. The van der Waals surface area contributed by atoms with Gasteiger partial charge in [-0.25, -0.2) is 9.97 Å². The van der Waals surface area contributed by atoms with Crippen molar-refractivity contribution >= 4 is 32.7 Å². The van der Waals surface area contributed by atoms with Crippen molar-refractivity contribution in [3.63, 3.8) is 0 Å². The summed E-state index contributed by atoms with van der Waals surface area (Å²) in [5.41, 5.74) is 15.7. The Hall–Kier alpha value is -7.88. The van der Waals surface area contributed by atoms with Crippen LogP contribution in [0.2, 0.25) is 0 Å². The number of hydrogen-bond acceptors (Lipinski definition) is 3. The fraction of sp³-hybridized carbons (Fsp3) is 0.0175. The SMILES string of the molecule is c1ccc(C2(c3ccccc3)c3ccccc3-c3cccc(-c4cc(-c5ccc(-c6ccc7oc8ccccc8c7c6)cc5)nc(-c5cccc6ccccc56)n4)c32)cc1. The summed E-state index contributed by atoms with van der Waals surface area (Å²) in [5, 5.41) is 4.51. The topological polar surface area (TPSA) is 38.9 Å². The van der Waals surface area contributed by atoms with Gasteiger partial charge in [0.05, 0.1) is 16.8 Å². The first-order valence-electron chi connectivity index (χ1n) is 20.5. The van der Waals surface area contributed by atoms with Crippen molar-refractivity contribution in [3.8, 4) is 56.2 Å². The number of hydrogen-bond donors (Lipinski definition) is 0. The predicted molar refractivity (Wildman–Crippen MR) is 246 cm³/mol. The highest BCUT2D eigenvalue weighted by Crippen LogP contribution is 2.58. The van der Waals surface area contributed by atoms with E-state index in [-0.39, 0.29) is 0 Å². The van der Waals surface area contributed by atoms with Crippen molar-refractivity contribution in [2.75, 3.05) is 0 Å². The fourth-order valence-corrected chi connectivity index (χ4v) is 9.73. The number of aromatic nitrogens is 2. The van der Waals surface area contributed by atoms with Crippen LogP contribution >= 0.6 is 0 Å². The summed E-state index contributed by atoms with van der Waals surface area (Å²) in [5.74, 6) is 0.693. The second-order valence-corrected chi connectivity index (χ2v) is 15.6.